The van der Waals surface area contributed by atoms with E-state index in [4.69, 9.17) is 0 Å². The number of benzene rings is 3. The first kappa shape index (κ1) is 25.0. The molecule has 2 amide bonds. The van der Waals surface area contributed by atoms with Crippen LogP contribution in [-0.4, -0.2) is 42.2 Å². The van der Waals surface area contributed by atoms with Crippen molar-refractivity contribution in [3.8, 4) is 0 Å². The van der Waals surface area contributed by atoms with E-state index in [0.717, 1.165) is 27.8 Å². The van der Waals surface area contributed by atoms with Crippen molar-refractivity contribution in [3.63, 3.8) is 0 Å². The van der Waals surface area contributed by atoms with Crippen LogP contribution >= 0.6 is 0 Å². The van der Waals surface area contributed by atoms with Crippen molar-refractivity contribution in [2.75, 3.05) is 13.1 Å². The third-order valence-corrected chi connectivity index (χ3v) is 8.48. The fourth-order valence-electron chi connectivity index (χ4n) is 5.70. The van der Waals surface area contributed by atoms with Gasteiger partial charge in [-0.3, -0.25) is 4.55 Å². The molecule has 6 nitrogen and oxygen atoms in total. The Balaban J connectivity index is 1.96. The molecule has 3 aromatic rings. The number of hydrogen-bond donors (Lipinski definition) is 2. The Bertz CT molecular complexity index is 1560. The summed E-state index contributed by atoms with van der Waals surface area (Å²) >= 11 is 0. The highest BCUT2D eigenvalue weighted by Gasteiger charge is 2.50. The third-order valence-electron chi connectivity index (χ3n) is 7.45. The first-order valence-electron chi connectivity index (χ1n) is 12.3. The van der Waals surface area contributed by atoms with E-state index in [-0.39, 0.29) is 6.03 Å². The van der Waals surface area contributed by atoms with E-state index in [1.165, 1.54) is 0 Å². The Hall–Kier alpha value is -3.68. The first-order valence-corrected chi connectivity index (χ1v) is 13.8. The number of aryl methyl sites for hydroxylation is 3. The molecule has 2 N–H and O–H groups in total. The Labute approximate surface area is 218 Å². The molecular weight excluding hydrogens is 484 g/mol. The van der Waals surface area contributed by atoms with Crippen LogP contribution in [0.3, 0.4) is 0 Å². The maximum Gasteiger partial charge on any atom is 0.318 e. The van der Waals surface area contributed by atoms with E-state index in [0.29, 0.717) is 29.8 Å². The van der Waals surface area contributed by atoms with Crippen LogP contribution in [-0.2, 0) is 15.7 Å². The zero-order chi connectivity index (χ0) is 26.4. The molecule has 0 radical (unpaired) electrons. The minimum atomic E-state index is -4.54. The van der Waals surface area contributed by atoms with Gasteiger partial charge in [0.2, 0.25) is 0 Å². The SMILES string of the molecule is Cc1ccccc1C1=CC(c2ccccc2C)(N2CCNC2=O)C(c2ccccc2C)=CC1S(=O)(=O)O. The lowest BCUT2D eigenvalue weighted by atomic mass is 9.70. The molecule has 0 saturated carbocycles. The summed E-state index contributed by atoms with van der Waals surface area (Å²) in [4.78, 5) is 15.2. The highest BCUT2D eigenvalue weighted by atomic mass is 32.2. The fraction of sp³-hybridized carbons (Fsp3) is 0.233. The van der Waals surface area contributed by atoms with Gasteiger partial charge < -0.3 is 10.2 Å². The van der Waals surface area contributed by atoms with Crippen molar-refractivity contribution in [1.82, 2.24) is 10.2 Å². The van der Waals surface area contributed by atoms with Gasteiger partial charge in [0.05, 0.1) is 0 Å². The minimum Gasteiger partial charge on any atom is -0.336 e. The molecule has 0 spiro atoms. The summed E-state index contributed by atoms with van der Waals surface area (Å²) in [7, 11) is -4.54. The number of hydrogen-bond acceptors (Lipinski definition) is 3. The van der Waals surface area contributed by atoms with Gasteiger partial charge in [0.1, 0.15) is 10.8 Å². The number of carbonyl (C=O) groups is 1. The number of carbonyl (C=O) groups excluding carboxylic acids is 1. The Morgan fingerprint density at radius 2 is 1.43 bits per heavy atom. The highest BCUT2D eigenvalue weighted by Crippen LogP contribution is 2.51. The molecule has 5 rings (SSSR count). The molecule has 1 saturated heterocycles. The normalized spacial score (nSPS) is 21.9. The Kier molecular flexibility index (Phi) is 6.30. The van der Waals surface area contributed by atoms with E-state index in [2.05, 4.69) is 5.32 Å². The van der Waals surface area contributed by atoms with Crippen LogP contribution < -0.4 is 5.32 Å². The smallest absolute Gasteiger partial charge is 0.318 e. The molecule has 2 atom stereocenters. The van der Waals surface area contributed by atoms with Crippen LogP contribution in [0.5, 0.6) is 0 Å². The second-order valence-electron chi connectivity index (χ2n) is 9.71. The molecule has 1 heterocycles. The van der Waals surface area contributed by atoms with Crippen LogP contribution in [0.15, 0.2) is 84.9 Å². The van der Waals surface area contributed by atoms with Gasteiger partial charge in [-0.25, -0.2) is 4.79 Å². The van der Waals surface area contributed by atoms with Gasteiger partial charge in [-0.05, 0) is 71.4 Å². The van der Waals surface area contributed by atoms with Gasteiger partial charge in [0, 0.05) is 13.1 Å². The van der Waals surface area contributed by atoms with E-state index < -0.39 is 20.9 Å². The van der Waals surface area contributed by atoms with Crippen molar-refractivity contribution in [2.45, 2.75) is 31.6 Å². The monoisotopic (exact) mass is 514 g/mol. The van der Waals surface area contributed by atoms with Crippen molar-refractivity contribution in [1.29, 1.82) is 0 Å². The molecule has 0 bridgehead atoms. The van der Waals surface area contributed by atoms with Crippen molar-refractivity contribution < 1.29 is 17.8 Å². The minimum absolute atomic E-state index is 0.228. The molecule has 1 fully saturated rings. The number of amides is 2. The van der Waals surface area contributed by atoms with Crippen LogP contribution in [0.2, 0.25) is 0 Å². The predicted octanol–water partition coefficient (Wildman–Crippen LogP) is 5.27. The van der Waals surface area contributed by atoms with Gasteiger partial charge in [-0.2, -0.15) is 8.42 Å². The van der Waals surface area contributed by atoms with Gasteiger partial charge in [0.25, 0.3) is 10.1 Å². The average Bonchev–Trinajstić information content (AvgIpc) is 3.30. The number of rotatable bonds is 5. The van der Waals surface area contributed by atoms with Gasteiger partial charge in [0.15, 0.2) is 0 Å². The quantitative estimate of drug-likeness (QED) is 0.454. The summed E-state index contributed by atoms with van der Waals surface area (Å²) in [6, 6.07) is 22.9. The molecule has 1 aliphatic heterocycles. The number of nitrogens with one attached hydrogen (secondary N) is 1. The number of nitrogens with zero attached hydrogens (tertiary/aromatic N) is 1. The maximum atomic E-state index is 13.4. The summed E-state index contributed by atoms with van der Waals surface area (Å²) < 4.78 is 36.3. The summed E-state index contributed by atoms with van der Waals surface area (Å²) in [6.45, 7) is 6.78. The van der Waals surface area contributed by atoms with Crippen molar-refractivity contribution in [3.05, 3.63) is 118 Å². The summed E-state index contributed by atoms with van der Waals surface area (Å²) in [5.74, 6) is 0. The Morgan fingerprint density at radius 3 is 1.97 bits per heavy atom. The lowest BCUT2D eigenvalue weighted by Crippen LogP contribution is -2.50. The fourth-order valence-corrected chi connectivity index (χ4v) is 6.52. The lowest BCUT2D eigenvalue weighted by Gasteiger charge is -2.46. The second kappa shape index (κ2) is 9.32. The van der Waals surface area contributed by atoms with E-state index in [1.807, 2.05) is 99.6 Å². The average molecular weight is 515 g/mol. The summed E-state index contributed by atoms with van der Waals surface area (Å²) in [5, 5.41) is 1.64. The third kappa shape index (κ3) is 4.18. The van der Waals surface area contributed by atoms with Crippen LogP contribution in [0, 0.1) is 20.8 Å². The van der Waals surface area contributed by atoms with Crippen molar-refractivity contribution in [2.24, 2.45) is 0 Å². The predicted molar refractivity (Wildman–Crippen MR) is 147 cm³/mol. The van der Waals surface area contributed by atoms with E-state index in [9.17, 15) is 17.8 Å². The van der Waals surface area contributed by atoms with Crippen LogP contribution in [0.25, 0.3) is 11.1 Å². The van der Waals surface area contributed by atoms with Gasteiger partial charge in [-0.1, -0.05) is 78.9 Å². The number of urea groups is 1. The summed E-state index contributed by atoms with van der Waals surface area (Å²) in [5.41, 5.74) is 5.16. The maximum absolute atomic E-state index is 13.4. The second-order valence-corrected chi connectivity index (χ2v) is 11.2. The van der Waals surface area contributed by atoms with E-state index >= 15 is 0 Å². The molecule has 190 valence electrons. The van der Waals surface area contributed by atoms with Gasteiger partial charge in [-0.15, -0.1) is 0 Å². The first-order chi connectivity index (χ1) is 17.6. The highest BCUT2D eigenvalue weighted by molar-refractivity contribution is 7.87. The Morgan fingerprint density at radius 1 is 0.865 bits per heavy atom. The molecular formula is C30H30N2O4S. The van der Waals surface area contributed by atoms with Crippen LogP contribution in [0.1, 0.15) is 33.4 Å². The van der Waals surface area contributed by atoms with E-state index in [1.54, 1.807) is 11.0 Å². The molecule has 37 heavy (non-hydrogen) atoms. The topological polar surface area (TPSA) is 86.7 Å². The molecule has 1 aliphatic carbocycles. The summed E-state index contributed by atoms with van der Waals surface area (Å²) in [6.07, 6.45) is 3.53. The standard InChI is InChI=1S/C30H30N2O4S/c1-20-10-4-7-13-23(20)25-19-30(32-17-16-31-29(32)33,26-15-9-6-12-22(26)3)27(18-28(25)37(34,35)36)24-14-8-5-11-21(24)2/h4-15,18-19,28H,16-17H2,1-3H3,(H,31,33)(H,34,35,36). The lowest BCUT2D eigenvalue weighted by molar-refractivity contribution is 0.191. The molecule has 3 aromatic carbocycles. The molecule has 2 aliphatic rings. The van der Waals surface area contributed by atoms with Crippen LogP contribution in [0.4, 0.5) is 4.79 Å². The zero-order valence-corrected chi connectivity index (χ0v) is 21.9. The zero-order valence-electron chi connectivity index (χ0n) is 21.1. The van der Waals surface area contributed by atoms with Gasteiger partial charge >= 0.3 is 6.03 Å². The molecule has 0 aromatic heterocycles. The molecule has 7 heteroatoms. The molecule has 2 unspecified atom stereocenters. The van der Waals surface area contributed by atoms with Crippen molar-refractivity contribution >= 4 is 27.3 Å². The largest absolute Gasteiger partial charge is 0.336 e.